The summed E-state index contributed by atoms with van der Waals surface area (Å²) in [6, 6.07) is 28.9. The van der Waals surface area contributed by atoms with E-state index in [-0.39, 0.29) is 36.7 Å². The lowest BCUT2D eigenvalue weighted by Crippen LogP contribution is -2.50. The lowest BCUT2D eigenvalue weighted by molar-refractivity contribution is -0.134. The molecular weight excluding hydrogens is 712 g/mol. The van der Waals surface area contributed by atoms with Crippen molar-refractivity contribution >= 4 is 29.6 Å². The number of likely N-dealkylation sites (tertiary alicyclic amines) is 1. The Hall–Kier alpha value is -6.36. The first-order chi connectivity index (χ1) is 26.9. The van der Waals surface area contributed by atoms with Crippen LogP contribution in [0.5, 0.6) is 0 Å². The number of alkyl carbamates (subject to hydrolysis) is 1. The zero-order valence-corrected chi connectivity index (χ0v) is 31.5. The molecule has 0 saturated carbocycles. The van der Waals surface area contributed by atoms with Crippen LogP contribution in [0.25, 0.3) is 11.1 Å². The fourth-order valence-electron chi connectivity index (χ4n) is 7.47. The summed E-state index contributed by atoms with van der Waals surface area (Å²) in [6.45, 7) is 5.86. The van der Waals surface area contributed by atoms with Gasteiger partial charge in [0.2, 0.25) is 5.91 Å². The third-order valence-electron chi connectivity index (χ3n) is 10.0. The van der Waals surface area contributed by atoms with Crippen LogP contribution in [0.3, 0.4) is 0 Å². The molecule has 2 atom stereocenters. The average molecular weight is 755 g/mol. The molecule has 0 unspecified atom stereocenters. The number of pyridine rings is 1. The number of ketones is 1. The minimum atomic E-state index is -0.983. The van der Waals surface area contributed by atoms with Crippen LogP contribution in [0.1, 0.15) is 83.7 Å². The molecule has 11 heteroatoms. The fraction of sp³-hybridized carbons (Fsp3) is 0.267. The number of amides is 3. The topological polar surface area (TPSA) is 127 Å². The molecule has 1 saturated heterocycles. The van der Waals surface area contributed by atoms with E-state index < -0.39 is 29.6 Å². The first-order valence-electron chi connectivity index (χ1n) is 18.7. The van der Waals surface area contributed by atoms with Crippen molar-refractivity contribution in [3.63, 3.8) is 0 Å². The van der Waals surface area contributed by atoms with Gasteiger partial charge in [-0.2, -0.15) is 0 Å². The van der Waals surface area contributed by atoms with Crippen molar-refractivity contribution in [3.8, 4) is 11.1 Å². The number of nitrogens with one attached hydrogen (secondary N) is 2. The summed E-state index contributed by atoms with van der Waals surface area (Å²) < 4.78 is 24.7. The van der Waals surface area contributed by atoms with Crippen LogP contribution in [-0.4, -0.2) is 58.6 Å². The van der Waals surface area contributed by atoms with Gasteiger partial charge in [-0.15, -0.1) is 0 Å². The van der Waals surface area contributed by atoms with Crippen molar-refractivity contribution in [1.82, 2.24) is 15.2 Å². The molecule has 3 amide bonds. The summed E-state index contributed by atoms with van der Waals surface area (Å²) in [4.78, 5) is 59.5. The van der Waals surface area contributed by atoms with Gasteiger partial charge in [-0.1, -0.05) is 60.7 Å². The lowest BCUT2D eigenvalue weighted by Gasteiger charge is -2.30. The maximum absolute atomic E-state index is 14.3. The summed E-state index contributed by atoms with van der Waals surface area (Å²) in [5, 5.41) is 5.58. The Bertz CT molecular complexity index is 2210. The minimum Gasteiger partial charge on any atom is -0.448 e. The summed E-state index contributed by atoms with van der Waals surface area (Å²) in [7, 11) is 0. The van der Waals surface area contributed by atoms with Gasteiger partial charge in [-0.3, -0.25) is 19.9 Å². The number of carbonyl (C=O) groups is 4. The highest BCUT2D eigenvalue weighted by Crippen LogP contribution is 2.44. The van der Waals surface area contributed by atoms with Crippen molar-refractivity contribution in [2.24, 2.45) is 0 Å². The number of rotatable bonds is 10. The third-order valence-corrected chi connectivity index (χ3v) is 10.0. The maximum Gasteiger partial charge on any atom is 0.411 e. The average Bonchev–Trinajstić information content (AvgIpc) is 3.80. The normalized spacial score (nSPS) is 15.4. The van der Waals surface area contributed by atoms with Gasteiger partial charge in [-0.05, 0) is 109 Å². The molecule has 1 fully saturated rings. The van der Waals surface area contributed by atoms with Gasteiger partial charge in [0.25, 0.3) is 0 Å². The SMILES string of the molecule is CC(C)(C)OC(=O)N[C@@H](Cc1ccc(NC(=O)OCC2c3ccccc3-c3ccccc32)cc1)C(=O)N1CCC[C@H]1c1cncc(C(=O)c2ccc(F)cc2)c1. The highest BCUT2D eigenvalue weighted by Gasteiger charge is 2.36. The molecule has 0 spiro atoms. The summed E-state index contributed by atoms with van der Waals surface area (Å²) >= 11 is 0. The minimum absolute atomic E-state index is 0.0678. The van der Waals surface area contributed by atoms with E-state index in [1.165, 1.54) is 30.5 Å². The van der Waals surface area contributed by atoms with Crippen LogP contribution in [0.4, 0.5) is 19.7 Å². The number of hydrogen-bond acceptors (Lipinski definition) is 7. The molecule has 2 N–H and O–H groups in total. The van der Waals surface area contributed by atoms with E-state index >= 15 is 0 Å². The van der Waals surface area contributed by atoms with Gasteiger partial charge in [0.1, 0.15) is 24.1 Å². The van der Waals surface area contributed by atoms with Crippen molar-refractivity contribution in [3.05, 3.63) is 155 Å². The quantitative estimate of drug-likeness (QED) is 0.137. The Labute approximate surface area is 325 Å². The van der Waals surface area contributed by atoms with Crippen LogP contribution in [0, 0.1) is 5.82 Å². The zero-order valence-electron chi connectivity index (χ0n) is 31.5. The van der Waals surface area contributed by atoms with Gasteiger partial charge < -0.3 is 19.7 Å². The van der Waals surface area contributed by atoms with Crippen LogP contribution in [-0.2, 0) is 20.7 Å². The van der Waals surface area contributed by atoms with Gasteiger partial charge in [-0.25, -0.2) is 14.0 Å². The molecule has 4 aromatic carbocycles. The molecule has 2 heterocycles. The first-order valence-corrected chi connectivity index (χ1v) is 18.7. The largest absolute Gasteiger partial charge is 0.448 e. The highest BCUT2D eigenvalue weighted by molar-refractivity contribution is 6.08. The van der Waals surface area contributed by atoms with Gasteiger partial charge in [0, 0.05) is 48.1 Å². The number of nitrogens with zero attached hydrogens (tertiary/aromatic N) is 2. The summed E-state index contributed by atoms with van der Waals surface area (Å²) in [6.07, 6.45) is 3.27. The molecule has 1 aliphatic heterocycles. The Morgan fingerprint density at radius 1 is 0.839 bits per heavy atom. The van der Waals surface area contributed by atoms with Crippen LogP contribution < -0.4 is 10.6 Å². The van der Waals surface area contributed by atoms with Crippen LogP contribution >= 0.6 is 0 Å². The molecule has 10 nitrogen and oxygen atoms in total. The number of benzene rings is 4. The Kier molecular flexibility index (Phi) is 10.9. The molecular formula is C45H43FN4O6. The standard InChI is InChI=1S/C45H43FN4O6/c1-45(2,3)56-44(54)49-39(42(52)50-22-8-13-40(50)30-24-31(26-47-25-30)41(51)29-16-18-32(46)19-17-29)23-28-14-20-33(21-15-28)48-43(53)55-27-38-36-11-6-4-9-34(36)35-10-5-7-12-37(35)38/h4-7,9-12,14-21,24-26,38-40H,8,13,22-23,27H2,1-3H3,(H,48,53)(H,49,54)/t39-,40-/m0/s1. The number of fused-ring (bicyclic) bond motifs is 3. The summed E-state index contributed by atoms with van der Waals surface area (Å²) in [5.41, 5.74) is 6.33. The Morgan fingerprint density at radius 3 is 2.16 bits per heavy atom. The third kappa shape index (κ3) is 8.62. The van der Waals surface area contributed by atoms with E-state index in [4.69, 9.17) is 9.47 Å². The van der Waals surface area contributed by atoms with Crippen molar-refractivity contribution in [2.75, 3.05) is 18.5 Å². The van der Waals surface area contributed by atoms with Crippen LogP contribution in [0.15, 0.2) is 116 Å². The number of hydrogen-bond donors (Lipinski definition) is 2. The number of ether oxygens (including phenoxy) is 2. The van der Waals surface area contributed by atoms with Gasteiger partial charge in [0.05, 0.1) is 6.04 Å². The Balaban J connectivity index is 1.03. The van der Waals surface area contributed by atoms with E-state index in [2.05, 4.69) is 39.9 Å². The Morgan fingerprint density at radius 2 is 1.50 bits per heavy atom. The van der Waals surface area contributed by atoms with Crippen molar-refractivity contribution in [1.29, 1.82) is 0 Å². The number of carbonyl (C=O) groups excluding carboxylic acids is 4. The van der Waals surface area contributed by atoms with Crippen LogP contribution in [0.2, 0.25) is 0 Å². The lowest BCUT2D eigenvalue weighted by atomic mass is 9.98. The van der Waals surface area contributed by atoms with Crippen molar-refractivity contribution in [2.45, 2.75) is 63.6 Å². The molecule has 1 aromatic heterocycles. The van der Waals surface area contributed by atoms with E-state index in [1.807, 2.05) is 24.3 Å². The molecule has 0 radical (unpaired) electrons. The fourth-order valence-corrected chi connectivity index (χ4v) is 7.47. The number of halogens is 1. The number of anilines is 1. The maximum atomic E-state index is 14.3. The molecule has 286 valence electrons. The van der Waals surface area contributed by atoms with E-state index in [1.54, 1.807) is 62.2 Å². The second-order valence-electron chi connectivity index (χ2n) is 15.1. The molecule has 0 bridgehead atoms. The second kappa shape index (κ2) is 16.2. The molecule has 56 heavy (non-hydrogen) atoms. The predicted octanol–water partition coefficient (Wildman–Crippen LogP) is 8.61. The van der Waals surface area contributed by atoms with Gasteiger partial charge in [0.15, 0.2) is 5.78 Å². The van der Waals surface area contributed by atoms with Gasteiger partial charge >= 0.3 is 12.2 Å². The van der Waals surface area contributed by atoms with E-state index in [0.29, 0.717) is 41.8 Å². The second-order valence-corrected chi connectivity index (χ2v) is 15.1. The van der Waals surface area contributed by atoms with E-state index in [0.717, 1.165) is 27.8 Å². The predicted molar refractivity (Wildman–Crippen MR) is 210 cm³/mol. The molecule has 2 aliphatic rings. The first kappa shape index (κ1) is 37.9. The van der Waals surface area contributed by atoms with E-state index in [9.17, 15) is 23.6 Å². The summed E-state index contributed by atoms with van der Waals surface area (Å²) in [5.74, 6) is -1.13. The molecule has 1 aliphatic carbocycles. The number of aromatic nitrogens is 1. The molecule has 5 aromatic rings. The highest BCUT2D eigenvalue weighted by atomic mass is 19.1. The molecule has 7 rings (SSSR count). The van der Waals surface area contributed by atoms with Crippen molar-refractivity contribution < 1.29 is 33.0 Å². The smallest absolute Gasteiger partial charge is 0.411 e. The monoisotopic (exact) mass is 754 g/mol. The zero-order chi connectivity index (χ0) is 39.4.